The van der Waals surface area contributed by atoms with Crippen molar-refractivity contribution < 1.29 is 0 Å². The summed E-state index contributed by atoms with van der Waals surface area (Å²) in [6, 6.07) is 0. The maximum atomic E-state index is 2.39. The van der Waals surface area contributed by atoms with Gasteiger partial charge in [-0.05, 0) is 44.9 Å². The lowest BCUT2D eigenvalue weighted by Crippen LogP contribution is -2.24. The number of rotatable bonds is 3. The second-order valence-electron chi connectivity index (χ2n) is 4.37. The molecule has 0 aliphatic heterocycles. The van der Waals surface area contributed by atoms with E-state index in [1.54, 1.807) is 11.1 Å². The van der Waals surface area contributed by atoms with Crippen LogP contribution in [0.25, 0.3) is 0 Å². The minimum atomic E-state index is 0.927. The van der Waals surface area contributed by atoms with Crippen LogP contribution in [-0.2, 0) is 0 Å². The Labute approximate surface area is 77.1 Å². The predicted octanol–water partition coefficient (Wildman–Crippen LogP) is 4.17. The van der Waals surface area contributed by atoms with Crippen LogP contribution < -0.4 is 0 Å². The van der Waals surface area contributed by atoms with E-state index in [9.17, 15) is 0 Å². The van der Waals surface area contributed by atoms with Gasteiger partial charge in [-0.1, -0.05) is 31.4 Å². The third kappa shape index (κ3) is 1.91. The van der Waals surface area contributed by atoms with Crippen LogP contribution in [0.1, 0.15) is 53.4 Å². The standard InChI is InChI=1S/C12H22/c1-5-6-9(2)11(4)12-8-7-10(12)3/h10,12H,5-8H2,1-4H3. The Hall–Kier alpha value is -0.260. The van der Waals surface area contributed by atoms with Crippen LogP contribution in [0, 0.1) is 11.8 Å². The first-order valence-corrected chi connectivity index (χ1v) is 5.33. The Morgan fingerprint density at radius 3 is 2.25 bits per heavy atom. The van der Waals surface area contributed by atoms with Gasteiger partial charge in [-0.3, -0.25) is 0 Å². The molecule has 0 aromatic carbocycles. The van der Waals surface area contributed by atoms with E-state index in [-0.39, 0.29) is 0 Å². The van der Waals surface area contributed by atoms with Crippen molar-refractivity contribution >= 4 is 0 Å². The molecule has 0 aromatic rings. The van der Waals surface area contributed by atoms with E-state index < -0.39 is 0 Å². The van der Waals surface area contributed by atoms with Gasteiger partial charge in [0, 0.05) is 0 Å². The zero-order valence-corrected chi connectivity index (χ0v) is 8.98. The minimum absolute atomic E-state index is 0.927. The third-order valence-corrected chi connectivity index (χ3v) is 3.47. The van der Waals surface area contributed by atoms with Gasteiger partial charge < -0.3 is 0 Å². The van der Waals surface area contributed by atoms with Crippen LogP contribution in [0.3, 0.4) is 0 Å². The van der Waals surface area contributed by atoms with Gasteiger partial charge in [-0.15, -0.1) is 0 Å². The predicted molar refractivity (Wildman–Crippen MR) is 55.2 cm³/mol. The lowest BCUT2D eigenvalue weighted by atomic mass is 9.70. The fourth-order valence-corrected chi connectivity index (χ4v) is 2.20. The number of hydrogen-bond acceptors (Lipinski definition) is 0. The summed E-state index contributed by atoms with van der Waals surface area (Å²) in [5, 5.41) is 0. The summed E-state index contributed by atoms with van der Waals surface area (Å²) in [6.07, 6.45) is 5.48. The molecule has 0 spiro atoms. The summed E-state index contributed by atoms with van der Waals surface area (Å²) in [6.45, 7) is 9.30. The maximum Gasteiger partial charge on any atom is -0.0178 e. The van der Waals surface area contributed by atoms with E-state index in [2.05, 4.69) is 27.7 Å². The van der Waals surface area contributed by atoms with Crippen molar-refractivity contribution in [3.8, 4) is 0 Å². The lowest BCUT2D eigenvalue weighted by molar-refractivity contribution is 0.235. The van der Waals surface area contributed by atoms with Gasteiger partial charge in [-0.25, -0.2) is 0 Å². The van der Waals surface area contributed by atoms with Crippen LogP contribution in [0.2, 0.25) is 0 Å². The fourth-order valence-electron chi connectivity index (χ4n) is 2.20. The molecule has 1 aliphatic carbocycles. The van der Waals surface area contributed by atoms with E-state index in [0.717, 1.165) is 11.8 Å². The molecule has 0 saturated heterocycles. The van der Waals surface area contributed by atoms with Crippen LogP contribution in [0.5, 0.6) is 0 Å². The monoisotopic (exact) mass is 166 g/mol. The summed E-state index contributed by atoms with van der Waals surface area (Å²) in [5.41, 5.74) is 3.34. The second kappa shape index (κ2) is 4.11. The van der Waals surface area contributed by atoms with E-state index in [4.69, 9.17) is 0 Å². The van der Waals surface area contributed by atoms with Gasteiger partial charge >= 0.3 is 0 Å². The molecule has 1 rings (SSSR count). The van der Waals surface area contributed by atoms with Gasteiger partial charge in [0.05, 0.1) is 0 Å². The molecule has 1 fully saturated rings. The lowest BCUT2D eigenvalue weighted by Gasteiger charge is -2.35. The van der Waals surface area contributed by atoms with Gasteiger partial charge in [0.15, 0.2) is 0 Å². The van der Waals surface area contributed by atoms with Gasteiger partial charge in [0.2, 0.25) is 0 Å². The molecule has 0 N–H and O–H groups in total. The average molecular weight is 166 g/mol. The molecule has 0 bridgehead atoms. The molecule has 1 aliphatic rings. The Morgan fingerprint density at radius 1 is 1.25 bits per heavy atom. The Morgan fingerprint density at radius 2 is 1.92 bits per heavy atom. The highest BCUT2D eigenvalue weighted by atomic mass is 14.3. The largest absolute Gasteiger partial charge is 0.0741 e. The molecule has 2 atom stereocenters. The summed E-state index contributed by atoms with van der Waals surface area (Å²) < 4.78 is 0. The first kappa shape index (κ1) is 9.83. The molecule has 12 heavy (non-hydrogen) atoms. The van der Waals surface area contributed by atoms with Crippen LogP contribution in [0.4, 0.5) is 0 Å². The topological polar surface area (TPSA) is 0 Å². The minimum Gasteiger partial charge on any atom is -0.0741 e. The van der Waals surface area contributed by atoms with Crippen LogP contribution in [0.15, 0.2) is 11.1 Å². The van der Waals surface area contributed by atoms with Crippen molar-refractivity contribution in [2.24, 2.45) is 11.8 Å². The molecule has 1 saturated carbocycles. The summed E-state index contributed by atoms with van der Waals surface area (Å²) in [5.74, 6) is 1.88. The maximum absolute atomic E-state index is 2.39. The molecule has 0 radical (unpaired) electrons. The highest BCUT2D eigenvalue weighted by molar-refractivity contribution is 5.16. The molecule has 70 valence electrons. The van der Waals surface area contributed by atoms with Gasteiger partial charge in [-0.2, -0.15) is 0 Å². The molecular formula is C12H22. The second-order valence-corrected chi connectivity index (χ2v) is 4.37. The molecular weight excluding hydrogens is 144 g/mol. The normalized spacial score (nSPS) is 31.0. The number of hydrogen-bond donors (Lipinski definition) is 0. The molecule has 0 amide bonds. The number of allylic oxidation sites excluding steroid dienone is 2. The van der Waals surface area contributed by atoms with Crippen LogP contribution >= 0.6 is 0 Å². The van der Waals surface area contributed by atoms with E-state index in [1.807, 2.05) is 0 Å². The van der Waals surface area contributed by atoms with Crippen molar-refractivity contribution in [1.29, 1.82) is 0 Å². The van der Waals surface area contributed by atoms with Crippen molar-refractivity contribution in [3.05, 3.63) is 11.1 Å². The highest BCUT2D eigenvalue weighted by Crippen LogP contribution is 2.40. The third-order valence-electron chi connectivity index (χ3n) is 3.47. The zero-order valence-electron chi connectivity index (χ0n) is 8.98. The smallest absolute Gasteiger partial charge is 0.0178 e. The highest BCUT2D eigenvalue weighted by Gasteiger charge is 2.28. The van der Waals surface area contributed by atoms with Crippen molar-refractivity contribution in [2.45, 2.75) is 53.4 Å². The molecule has 0 heterocycles. The fraction of sp³-hybridized carbons (Fsp3) is 0.833. The molecule has 0 heteroatoms. The first-order chi connectivity index (χ1) is 5.66. The van der Waals surface area contributed by atoms with E-state index in [1.165, 1.54) is 25.7 Å². The average Bonchev–Trinajstić information content (AvgIpc) is 2.02. The quantitative estimate of drug-likeness (QED) is 0.552. The van der Waals surface area contributed by atoms with Crippen molar-refractivity contribution in [2.75, 3.05) is 0 Å². The molecule has 0 nitrogen and oxygen atoms in total. The van der Waals surface area contributed by atoms with Crippen molar-refractivity contribution in [3.63, 3.8) is 0 Å². The van der Waals surface area contributed by atoms with Crippen LogP contribution in [-0.4, -0.2) is 0 Å². The first-order valence-electron chi connectivity index (χ1n) is 5.33. The van der Waals surface area contributed by atoms with E-state index >= 15 is 0 Å². The zero-order chi connectivity index (χ0) is 9.14. The summed E-state index contributed by atoms with van der Waals surface area (Å²) in [4.78, 5) is 0. The summed E-state index contributed by atoms with van der Waals surface area (Å²) >= 11 is 0. The van der Waals surface area contributed by atoms with E-state index in [0.29, 0.717) is 0 Å². The Bertz CT molecular complexity index is 176. The van der Waals surface area contributed by atoms with Crippen molar-refractivity contribution in [1.82, 2.24) is 0 Å². The Kier molecular flexibility index (Phi) is 3.37. The molecule has 0 aromatic heterocycles. The summed E-state index contributed by atoms with van der Waals surface area (Å²) in [7, 11) is 0. The SMILES string of the molecule is CCCC(C)=C(C)C1CCC1C. The van der Waals surface area contributed by atoms with Gasteiger partial charge in [0.25, 0.3) is 0 Å². The molecule has 2 unspecified atom stereocenters. The Balaban J connectivity index is 2.54. The van der Waals surface area contributed by atoms with Gasteiger partial charge in [0.1, 0.15) is 0 Å².